The minimum absolute atomic E-state index is 0. The molecule has 0 fully saturated rings. The van der Waals surface area contributed by atoms with Crippen molar-refractivity contribution >= 4 is 87.5 Å². The van der Waals surface area contributed by atoms with Crippen LogP contribution < -0.4 is 0 Å². The summed E-state index contributed by atoms with van der Waals surface area (Å²) < 4.78 is 2.02. The Morgan fingerprint density at radius 2 is 0.361 bits per heavy atom. The number of hydrogen-bond acceptors (Lipinski definition) is 6. The molecular formula is C51H102FeN3S6. The Morgan fingerprint density at radius 1 is 0.246 bits per heavy atom. The van der Waals surface area contributed by atoms with Gasteiger partial charge < -0.3 is 89.2 Å². The maximum Gasteiger partial charge on any atom is 3.00 e. The van der Waals surface area contributed by atoms with Gasteiger partial charge in [-0.2, -0.15) is 0 Å². The SMILES string of the molecule is CCCCCCCCN(CCCCCCCC)C(=S)[S-].CCCCCCCCN(CCCCCCCC)C(=S)[S-].CCCCCCCCN(CCCCCCCC)C(=S)[S-].[Fe+3]. The predicted octanol–water partition coefficient (Wildman–Crippen LogP) is 17.5. The number of unbranched alkanes of at least 4 members (excludes halogenated alkanes) is 30. The summed E-state index contributed by atoms with van der Waals surface area (Å²) in [5.41, 5.74) is 0. The van der Waals surface area contributed by atoms with E-state index in [1.54, 1.807) is 0 Å². The van der Waals surface area contributed by atoms with Crippen LogP contribution >= 0.6 is 36.7 Å². The molecule has 0 amide bonds. The minimum atomic E-state index is 0. The van der Waals surface area contributed by atoms with Crippen LogP contribution in [0.3, 0.4) is 0 Å². The van der Waals surface area contributed by atoms with Crippen LogP contribution in [0.15, 0.2) is 0 Å². The maximum absolute atomic E-state index is 5.20. The first-order chi connectivity index (χ1) is 29.2. The predicted molar refractivity (Wildman–Crippen MR) is 295 cm³/mol. The summed E-state index contributed by atoms with van der Waals surface area (Å²) in [6.07, 6.45) is 48.1. The molecular weight excluding hydrogens is 903 g/mol. The van der Waals surface area contributed by atoms with E-state index in [1.807, 2.05) is 0 Å². The molecule has 1 radical (unpaired) electrons. The molecule has 10 heteroatoms. The fraction of sp³-hybridized carbons (Fsp3) is 0.941. The van der Waals surface area contributed by atoms with E-state index in [0.29, 0.717) is 13.0 Å². The molecule has 0 saturated heterocycles. The molecule has 0 aromatic rings. The average molecular weight is 1010 g/mol. The molecule has 0 aromatic heterocycles. The molecule has 0 aromatic carbocycles. The third-order valence-electron chi connectivity index (χ3n) is 11.5. The van der Waals surface area contributed by atoms with E-state index in [4.69, 9.17) is 74.5 Å². The number of nitrogens with zero attached hydrogens (tertiary/aromatic N) is 3. The van der Waals surface area contributed by atoms with Crippen molar-refractivity contribution in [3.8, 4) is 0 Å². The second-order valence-electron chi connectivity index (χ2n) is 17.4. The summed E-state index contributed by atoms with van der Waals surface area (Å²) in [4.78, 5) is 6.72. The summed E-state index contributed by atoms with van der Waals surface area (Å²) in [6.45, 7) is 20.0. The summed E-state index contributed by atoms with van der Waals surface area (Å²) >= 11 is 31.2. The van der Waals surface area contributed by atoms with Crippen LogP contribution in [0.2, 0.25) is 0 Å². The molecule has 0 aliphatic heterocycles. The van der Waals surface area contributed by atoms with E-state index in [0.717, 1.165) is 39.3 Å². The molecule has 0 bridgehead atoms. The van der Waals surface area contributed by atoms with Crippen LogP contribution in [0.25, 0.3) is 0 Å². The summed E-state index contributed by atoms with van der Waals surface area (Å²) in [5, 5.41) is 0. The standard InChI is InChI=1S/3C17H35NS2.Fe/c3*1-3-5-7-9-11-13-15-18(17(19)20)16-14-12-10-8-6-4-2;/h3*3-16H2,1-2H3,(H,19,20);/q;;;+3/p-3. The van der Waals surface area contributed by atoms with Crippen LogP contribution in [-0.4, -0.2) is 66.9 Å². The molecule has 0 atom stereocenters. The first-order valence-corrected chi connectivity index (χ1v) is 28.5. The van der Waals surface area contributed by atoms with Crippen molar-refractivity contribution in [2.75, 3.05) is 39.3 Å². The Morgan fingerprint density at radius 3 is 0.475 bits per heavy atom. The van der Waals surface area contributed by atoms with E-state index >= 15 is 0 Å². The van der Waals surface area contributed by atoms with Gasteiger partial charge in [-0.05, 0) is 38.5 Å². The van der Waals surface area contributed by atoms with Gasteiger partial charge in [0.1, 0.15) is 0 Å². The van der Waals surface area contributed by atoms with Crippen molar-refractivity contribution in [1.82, 2.24) is 14.7 Å². The first kappa shape index (κ1) is 68.4. The molecule has 365 valence electrons. The Kier molecular flexibility index (Phi) is 66.0. The van der Waals surface area contributed by atoms with Gasteiger partial charge in [-0.1, -0.05) is 247 Å². The van der Waals surface area contributed by atoms with Gasteiger partial charge in [0.05, 0.1) is 0 Å². The molecule has 0 N–H and O–H groups in total. The van der Waals surface area contributed by atoms with Crippen LogP contribution in [0.1, 0.15) is 273 Å². The van der Waals surface area contributed by atoms with Crippen molar-refractivity contribution in [3.63, 3.8) is 0 Å². The molecule has 3 nitrogen and oxygen atoms in total. The van der Waals surface area contributed by atoms with Gasteiger partial charge >= 0.3 is 17.1 Å². The molecule has 0 aliphatic carbocycles. The van der Waals surface area contributed by atoms with E-state index in [9.17, 15) is 0 Å². The summed E-state index contributed by atoms with van der Waals surface area (Å²) in [5.74, 6) is 0. The third kappa shape index (κ3) is 56.9. The Bertz CT molecular complexity index is 726. The summed E-state index contributed by atoms with van der Waals surface area (Å²) in [7, 11) is 0. The topological polar surface area (TPSA) is 9.72 Å². The van der Waals surface area contributed by atoms with E-state index < -0.39 is 0 Å². The van der Waals surface area contributed by atoms with Crippen molar-refractivity contribution in [2.24, 2.45) is 0 Å². The van der Waals surface area contributed by atoms with Crippen LogP contribution in [0, 0.1) is 0 Å². The van der Waals surface area contributed by atoms with Gasteiger partial charge in [0, 0.05) is 39.3 Å². The fourth-order valence-electron chi connectivity index (χ4n) is 7.38. The molecule has 0 unspecified atom stereocenters. The van der Waals surface area contributed by atoms with Crippen molar-refractivity contribution in [1.29, 1.82) is 0 Å². The third-order valence-corrected chi connectivity index (χ3v) is 13.0. The first-order valence-electron chi connectivity index (χ1n) is 26.0. The van der Waals surface area contributed by atoms with Gasteiger partial charge in [-0.15, -0.1) is 0 Å². The zero-order valence-corrected chi connectivity index (χ0v) is 47.3. The summed E-state index contributed by atoms with van der Waals surface area (Å²) in [6, 6.07) is 0. The van der Waals surface area contributed by atoms with Crippen molar-refractivity contribution < 1.29 is 17.1 Å². The van der Waals surface area contributed by atoms with Crippen LogP contribution in [0.5, 0.6) is 0 Å². The van der Waals surface area contributed by atoms with Crippen molar-refractivity contribution in [2.45, 2.75) is 273 Å². The van der Waals surface area contributed by atoms with Crippen LogP contribution in [-0.2, 0) is 55.0 Å². The monoisotopic (exact) mass is 1000 g/mol. The number of hydrogen-bond donors (Lipinski definition) is 0. The number of rotatable bonds is 42. The molecule has 0 saturated carbocycles. The second kappa shape index (κ2) is 58.9. The largest absolute Gasteiger partial charge is 3.00 e. The second-order valence-corrected chi connectivity index (χ2v) is 20.5. The Balaban J connectivity index is -0.000000396. The van der Waals surface area contributed by atoms with E-state index in [1.165, 1.54) is 231 Å². The van der Waals surface area contributed by atoms with Gasteiger partial charge in [0.25, 0.3) is 0 Å². The zero-order chi connectivity index (χ0) is 45.2. The smallest absolute Gasteiger partial charge is 0.411 e. The maximum atomic E-state index is 5.20. The van der Waals surface area contributed by atoms with Gasteiger partial charge in [-0.3, -0.25) is 0 Å². The van der Waals surface area contributed by atoms with Gasteiger partial charge in [-0.25, -0.2) is 0 Å². The molecule has 0 rings (SSSR count). The Hall–Kier alpha value is 0.849. The zero-order valence-electron chi connectivity index (χ0n) is 41.3. The molecule has 61 heavy (non-hydrogen) atoms. The van der Waals surface area contributed by atoms with Crippen LogP contribution in [0.4, 0.5) is 0 Å². The fourth-order valence-corrected chi connectivity index (χ4v) is 8.48. The van der Waals surface area contributed by atoms with E-state index in [2.05, 4.69) is 56.2 Å². The van der Waals surface area contributed by atoms with Gasteiger partial charge in [0.15, 0.2) is 0 Å². The molecule has 0 spiro atoms. The van der Waals surface area contributed by atoms with Crippen molar-refractivity contribution in [3.05, 3.63) is 0 Å². The quantitative estimate of drug-likeness (QED) is 0.0254. The normalized spacial score (nSPS) is 10.5. The van der Waals surface area contributed by atoms with Gasteiger partial charge in [0.2, 0.25) is 0 Å². The Labute approximate surface area is 427 Å². The average Bonchev–Trinajstić information content (AvgIpc) is 3.23. The molecule has 0 aliphatic rings. The molecule has 0 heterocycles. The minimum Gasteiger partial charge on any atom is -0.411 e. The van der Waals surface area contributed by atoms with E-state index in [-0.39, 0.29) is 17.1 Å². The number of thiocarbonyl (C=S) groups is 3.